The Morgan fingerprint density at radius 3 is 2.58 bits per heavy atom. The van der Waals surface area contributed by atoms with E-state index in [-0.39, 0.29) is 33.8 Å². The monoisotopic (exact) mass is 568 g/mol. The molecule has 1 fully saturated rings. The molecule has 1 saturated heterocycles. The average molecular weight is 569 g/mol. The van der Waals surface area contributed by atoms with Crippen molar-refractivity contribution < 1.29 is 31.5 Å². The van der Waals surface area contributed by atoms with Crippen LogP contribution in [0.5, 0.6) is 0 Å². The number of aliphatic carboxylic acids is 1. The van der Waals surface area contributed by atoms with Crippen molar-refractivity contribution >= 4 is 39.2 Å². The molecular formula is C25H24ClF3N4O4S. The maximum Gasteiger partial charge on any atom is 0.418 e. The molecule has 0 radical (unpaired) electrons. The molecule has 2 aromatic heterocycles. The van der Waals surface area contributed by atoms with Crippen molar-refractivity contribution in [2.45, 2.75) is 37.9 Å². The molecule has 0 saturated carbocycles. The van der Waals surface area contributed by atoms with Gasteiger partial charge in [0.05, 0.1) is 16.7 Å². The van der Waals surface area contributed by atoms with Crippen LogP contribution in [0.4, 0.5) is 24.8 Å². The molecule has 4 rings (SSSR count). The van der Waals surface area contributed by atoms with Crippen LogP contribution in [0.1, 0.15) is 30.9 Å². The van der Waals surface area contributed by atoms with E-state index in [0.29, 0.717) is 24.9 Å². The van der Waals surface area contributed by atoms with E-state index in [1.807, 2.05) is 0 Å². The highest BCUT2D eigenvalue weighted by atomic mass is 35.5. The number of alkyl halides is 3. The van der Waals surface area contributed by atoms with Crippen molar-refractivity contribution in [1.82, 2.24) is 9.97 Å². The molecule has 1 aliphatic heterocycles. The standard InChI is InChI=1S/C25H24ClF3N4O4S/c1-15-7-8-16(26)13-17(15)22-18(25(27,28)29)9-10-19(30-22)32-38(36,37)21-6-3-5-20(31-21)33-12-4-11-24(2,14-33)23(34)35/h3,5-10,13H,4,11-12,14H2,1-2H3,(H,30,32)(H,34,35). The van der Waals surface area contributed by atoms with E-state index in [2.05, 4.69) is 14.7 Å². The lowest BCUT2D eigenvalue weighted by molar-refractivity contribution is -0.148. The second-order valence-electron chi connectivity index (χ2n) is 9.38. The summed E-state index contributed by atoms with van der Waals surface area (Å²) < 4.78 is 69.8. The Kier molecular flexibility index (Phi) is 7.32. The molecule has 1 atom stereocenters. The van der Waals surface area contributed by atoms with E-state index in [0.717, 1.165) is 12.1 Å². The number of hydrogen-bond donors (Lipinski definition) is 2. The maximum atomic E-state index is 13.8. The van der Waals surface area contributed by atoms with Crippen LogP contribution in [0.25, 0.3) is 11.3 Å². The van der Waals surface area contributed by atoms with Gasteiger partial charge in [-0.15, -0.1) is 0 Å². The zero-order valence-corrected chi connectivity index (χ0v) is 22.0. The van der Waals surface area contributed by atoms with Crippen molar-refractivity contribution in [3.05, 3.63) is 64.7 Å². The van der Waals surface area contributed by atoms with Crippen LogP contribution in [0.3, 0.4) is 0 Å². The zero-order chi connectivity index (χ0) is 27.9. The van der Waals surface area contributed by atoms with E-state index in [1.54, 1.807) is 30.9 Å². The third kappa shape index (κ3) is 5.70. The Labute approximate surface area is 222 Å². The van der Waals surface area contributed by atoms with Gasteiger partial charge in [-0.05, 0) is 68.7 Å². The van der Waals surface area contributed by atoms with Gasteiger partial charge in [-0.25, -0.2) is 9.97 Å². The third-order valence-corrected chi connectivity index (χ3v) is 7.91. The molecule has 13 heteroatoms. The average Bonchev–Trinajstić information content (AvgIpc) is 2.84. The number of halogens is 4. The quantitative estimate of drug-likeness (QED) is 0.397. The highest BCUT2D eigenvalue weighted by Crippen LogP contribution is 2.39. The van der Waals surface area contributed by atoms with Gasteiger partial charge >= 0.3 is 12.1 Å². The number of carboxylic acids is 1. The van der Waals surface area contributed by atoms with Gasteiger partial charge in [-0.2, -0.15) is 21.6 Å². The smallest absolute Gasteiger partial charge is 0.418 e. The Bertz CT molecular complexity index is 1500. The normalized spacial score (nSPS) is 18.3. The first-order chi connectivity index (χ1) is 17.7. The first-order valence-corrected chi connectivity index (χ1v) is 13.4. The molecule has 0 spiro atoms. The molecule has 1 aliphatic rings. The number of anilines is 2. The molecular weight excluding hydrogens is 545 g/mol. The number of aryl methyl sites for hydroxylation is 1. The fourth-order valence-electron chi connectivity index (χ4n) is 4.33. The van der Waals surface area contributed by atoms with Crippen LogP contribution in [0, 0.1) is 12.3 Å². The van der Waals surface area contributed by atoms with E-state index in [4.69, 9.17) is 11.6 Å². The number of benzene rings is 1. The molecule has 3 heterocycles. The molecule has 38 heavy (non-hydrogen) atoms. The van der Waals surface area contributed by atoms with E-state index in [9.17, 15) is 31.5 Å². The number of aromatic nitrogens is 2. The summed E-state index contributed by atoms with van der Waals surface area (Å²) in [6.45, 7) is 3.86. The zero-order valence-electron chi connectivity index (χ0n) is 20.4. The second kappa shape index (κ2) is 10.1. The van der Waals surface area contributed by atoms with Gasteiger partial charge < -0.3 is 10.0 Å². The highest BCUT2D eigenvalue weighted by molar-refractivity contribution is 7.92. The number of nitrogens with zero attached hydrogens (tertiary/aromatic N) is 3. The number of carbonyl (C=O) groups is 1. The fourth-order valence-corrected chi connectivity index (χ4v) is 5.47. The highest BCUT2D eigenvalue weighted by Gasteiger charge is 2.39. The van der Waals surface area contributed by atoms with Crippen LogP contribution < -0.4 is 9.62 Å². The van der Waals surface area contributed by atoms with Gasteiger partial charge in [0.1, 0.15) is 11.6 Å². The Hall–Kier alpha value is -3.38. The minimum atomic E-state index is -4.75. The second-order valence-corrected chi connectivity index (χ2v) is 11.4. The van der Waals surface area contributed by atoms with E-state index < -0.39 is 38.8 Å². The van der Waals surface area contributed by atoms with Crippen molar-refractivity contribution in [3.63, 3.8) is 0 Å². The van der Waals surface area contributed by atoms with Gasteiger partial charge in [0.2, 0.25) is 0 Å². The molecule has 0 aliphatic carbocycles. The summed E-state index contributed by atoms with van der Waals surface area (Å²) >= 11 is 6.01. The predicted molar refractivity (Wildman–Crippen MR) is 137 cm³/mol. The summed E-state index contributed by atoms with van der Waals surface area (Å²) in [7, 11) is -4.36. The van der Waals surface area contributed by atoms with Crippen LogP contribution >= 0.6 is 11.6 Å². The molecule has 1 aromatic carbocycles. The molecule has 2 N–H and O–H groups in total. The van der Waals surface area contributed by atoms with Crippen molar-refractivity contribution in [1.29, 1.82) is 0 Å². The maximum absolute atomic E-state index is 13.8. The summed E-state index contributed by atoms with van der Waals surface area (Å²) in [6.07, 6.45) is -3.68. The number of carboxylic acid groups (broad SMARTS) is 1. The van der Waals surface area contributed by atoms with Gasteiger partial charge in [0.15, 0.2) is 5.03 Å². The summed E-state index contributed by atoms with van der Waals surface area (Å²) in [4.78, 5) is 21.6. The molecule has 202 valence electrons. The Morgan fingerprint density at radius 1 is 1.16 bits per heavy atom. The predicted octanol–water partition coefficient (Wildman–Crippen LogP) is 5.62. The van der Waals surface area contributed by atoms with Gasteiger partial charge in [0.25, 0.3) is 10.0 Å². The number of sulfonamides is 1. The number of nitrogens with one attached hydrogen (secondary N) is 1. The summed E-state index contributed by atoms with van der Waals surface area (Å²) in [5, 5.41) is 9.39. The topological polar surface area (TPSA) is 112 Å². The number of hydrogen-bond acceptors (Lipinski definition) is 6. The van der Waals surface area contributed by atoms with E-state index in [1.165, 1.54) is 24.3 Å². The number of rotatable bonds is 6. The Balaban J connectivity index is 1.68. The summed E-state index contributed by atoms with van der Waals surface area (Å²) in [6, 6.07) is 10.4. The number of pyridine rings is 2. The molecule has 3 aromatic rings. The Morgan fingerprint density at radius 2 is 1.89 bits per heavy atom. The fraction of sp³-hybridized carbons (Fsp3) is 0.320. The largest absolute Gasteiger partial charge is 0.481 e. The van der Waals surface area contributed by atoms with Crippen LogP contribution in [0.2, 0.25) is 5.02 Å². The van der Waals surface area contributed by atoms with Gasteiger partial charge in [-0.1, -0.05) is 23.7 Å². The lowest BCUT2D eigenvalue weighted by Crippen LogP contribution is -2.46. The lowest BCUT2D eigenvalue weighted by Gasteiger charge is -2.38. The SMILES string of the molecule is Cc1ccc(Cl)cc1-c1nc(NS(=O)(=O)c2cccc(N3CCCC(C)(C(=O)O)C3)n2)ccc1C(F)(F)F. The molecule has 0 bridgehead atoms. The van der Waals surface area contributed by atoms with Gasteiger partial charge in [0, 0.05) is 23.7 Å². The molecule has 1 unspecified atom stereocenters. The lowest BCUT2D eigenvalue weighted by atomic mass is 9.82. The minimum Gasteiger partial charge on any atom is -0.481 e. The molecule has 8 nitrogen and oxygen atoms in total. The third-order valence-electron chi connectivity index (χ3n) is 6.42. The first kappa shape index (κ1) is 27.6. The summed E-state index contributed by atoms with van der Waals surface area (Å²) in [5.41, 5.74) is -1.95. The van der Waals surface area contributed by atoms with Crippen LogP contribution in [0.15, 0.2) is 53.6 Å². The van der Waals surface area contributed by atoms with Crippen LogP contribution in [-0.2, 0) is 21.0 Å². The van der Waals surface area contributed by atoms with Crippen molar-refractivity contribution in [2.75, 3.05) is 22.7 Å². The van der Waals surface area contributed by atoms with E-state index >= 15 is 0 Å². The summed E-state index contributed by atoms with van der Waals surface area (Å²) in [5.74, 6) is -1.02. The van der Waals surface area contributed by atoms with Crippen molar-refractivity contribution in [2.24, 2.45) is 5.41 Å². The molecule has 0 amide bonds. The van der Waals surface area contributed by atoms with Crippen LogP contribution in [-0.4, -0.2) is 42.6 Å². The number of piperidine rings is 1. The van der Waals surface area contributed by atoms with Gasteiger partial charge in [-0.3, -0.25) is 9.52 Å². The van der Waals surface area contributed by atoms with Crippen molar-refractivity contribution in [3.8, 4) is 11.3 Å². The first-order valence-electron chi connectivity index (χ1n) is 11.5. The minimum absolute atomic E-state index is 0.109.